The molecule has 0 amide bonds. The predicted molar refractivity (Wildman–Crippen MR) is 72.0 cm³/mol. The highest BCUT2D eigenvalue weighted by atomic mass is 35.5. The van der Waals surface area contributed by atoms with Gasteiger partial charge in [-0.1, -0.05) is 23.7 Å². The molecule has 7 heteroatoms. The van der Waals surface area contributed by atoms with Crippen LogP contribution in [0, 0.1) is 11.6 Å². The van der Waals surface area contributed by atoms with Crippen LogP contribution in [0.15, 0.2) is 36.4 Å². The Kier molecular flexibility index (Phi) is 4.59. The van der Waals surface area contributed by atoms with Crippen molar-refractivity contribution >= 4 is 24.2 Å². The van der Waals surface area contributed by atoms with Gasteiger partial charge < -0.3 is 14.8 Å². The lowest BCUT2D eigenvalue weighted by Gasteiger charge is -2.09. The van der Waals surface area contributed by atoms with Crippen molar-refractivity contribution in [3.8, 4) is 5.75 Å². The Morgan fingerprint density at radius 3 is 2.40 bits per heavy atom. The maximum absolute atomic E-state index is 13.7. The molecule has 3 nitrogen and oxygen atoms in total. The smallest absolute Gasteiger partial charge is 0.488 e. The van der Waals surface area contributed by atoms with Gasteiger partial charge >= 0.3 is 7.12 Å². The van der Waals surface area contributed by atoms with E-state index < -0.39 is 18.8 Å². The summed E-state index contributed by atoms with van der Waals surface area (Å²) in [4.78, 5) is 0. The lowest BCUT2D eigenvalue weighted by atomic mass is 9.80. The molecule has 0 fully saturated rings. The molecule has 0 radical (unpaired) electrons. The number of hydrogen-bond donors (Lipinski definition) is 2. The number of ether oxygens (including phenoxy) is 1. The second-order valence-electron chi connectivity index (χ2n) is 4.09. The Balaban J connectivity index is 2.09. The summed E-state index contributed by atoms with van der Waals surface area (Å²) in [5, 5.41) is 17.8. The molecule has 2 aromatic carbocycles. The summed E-state index contributed by atoms with van der Waals surface area (Å²) >= 11 is 5.53. The lowest BCUT2D eigenvalue weighted by Crippen LogP contribution is -2.30. The van der Waals surface area contributed by atoms with Crippen molar-refractivity contribution in [2.75, 3.05) is 0 Å². The van der Waals surface area contributed by atoms with Gasteiger partial charge in [0.1, 0.15) is 24.0 Å². The van der Waals surface area contributed by atoms with Crippen LogP contribution in [0.25, 0.3) is 0 Å². The van der Waals surface area contributed by atoms with Crippen LogP contribution in [-0.4, -0.2) is 17.2 Å². The van der Waals surface area contributed by atoms with Crippen LogP contribution >= 0.6 is 11.6 Å². The zero-order chi connectivity index (χ0) is 14.7. The molecule has 104 valence electrons. The third-order valence-electron chi connectivity index (χ3n) is 2.66. The van der Waals surface area contributed by atoms with Gasteiger partial charge in [-0.3, -0.25) is 0 Å². The van der Waals surface area contributed by atoms with E-state index in [1.807, 2.05) is 0 Å². The molecule has 0 unspecified atom stereocenters. The van der Waals surface area contributed by atoms with Crippen molar-refractivity contribution in [1.82, 2.24) is 0 Å². The molecule has 0 aliphatic rings. The standard InChI is InChI=1S/C13H10BClF2O3/c15-11-4-3-10(6-13(11)17)20-7-8-1-2-9(14(18)19)5-12(8)16/h1-6,18-19H,7H2. The molecule has 0 aliphatic heterocycles. The average molecular weight is 298 g/mol. The van der Waals surface area contributed by atoms with Crippen LogP contribution in [0.4, 0.5) is 8.78 Å². The molecule has 0 aliphatic carbocycles. The first-order valence-corrected chi connectivity index (χ1v) is 6.07. The second kappa shape index (κ2) is 6.22. The van der Waals surface area contributed by atoms with Crippen LogP contribution in [0.1, 0.15) is 5.56 Å². The molecule has 2 N–H and O–H groups in total. The molecule has 0 saturated heterocycles. The van der Waals surface area contributed by atoms with E-state index in [0.29, 0.717) is 0 Å². The van der Waals surface area contributed by atoms with E-state index in [1.165, 1.54) is 24.3 Å². The van der Waals surface area contributed by atoms with E-state index in [-0.39, 0.29) is 28.4 Å². The molecular formula is C13H10BClF2O3. The highest BCUT2D eigenvalue weighted by Crippen LogP contribution is 2.21. The van der Waals surface area contributed by atoms with Gasteiger partial charge in [-0.2, -0.15) is 0 Å². The molecular weight excluding hydrogens is 288 g/mol. The first-order chi connectivity index (χ1) is 9.47. The van der Waals surface area contributed by atoms with Crippen LogP contribution in [0.5, 0.6) is 5.75 Å². The van der Waals surface area contributed by atoms with Crippen LogP contribution in [0.3, 0.4) is 0 Å². The molecule has 0 atom stereocenters. The van der Waals surface area contributed by atoms with Crippen molar-refractivity contribution in [3.05, 3.63) is 58.6 Å². The molecule has 20 heavy (non-hydrogen) atoms. The summed E-state index contributed by atoms with van der Waals surface area (Å²) in [5.41, 5.74) is 0.258. The number of benzene rings is 2. The fourth-order valence-corrected chi connectivity index (χ4v) is 1.69. The summed E-state index contributed by atoms with van der Waals surface area (Å²) in [6.45, 7) is -0.116. The number of rotatable bonds is 4. The van der Waals surface area contributed by atoms with Gasteiger partial charge in [-0.15, -0.1) is 0 Å². The van der Waals surface area contributed by atoms with Gasteiger partial charge in [0.15, 0.2) is 0 Å². The van der Waals surface area contributed by atoms with Crippen LogP contribution in [0.2, 0.25) is 5.02 Å². The van der Waals surface area contributed by atoms with Crippen molar-refractivity contribution in [2.24, 2.45) is 0 Å². The first-order valence-electron chi connectivity index (χ1n) is 5.69. The molecule has 0 bridgehead atoms. The second-order valence-corrected chi connectivity index (χ2v) is 4.50. The Labute approximate surface area is 119 Å². The molecule has 0 heterocycles. The van der Waals surface area contributed by atoms with Crippen molar-refractivity contribution in [2.45, 2.75) is 6.61 Å². The van der Waals surface area contributed by atoms with Crippen LogP contribution < -0.4 is 10.2 Å². The minimum absolute atomic E-state index is 0.0233. The fraction of sp³-hybridized carbons (Fsp3) is 0.0769. The van der Waals surface area contributed by atoms with E-state index in [9.17, 15) is 8.78 Å². The normalized spacial score (nSPS) is 10.4. The van der Waals surface area contributed by atoms with E-state index in [4.69, 9.17) is 26.4 Å². The zero-order valence-electron chi connectivity index (χ0n) is 10.2. The highest BCUT2D eigenvalue weighted by Gasteiger charge is 2.13. The van der Waals surface area contributed by atoms with Crippen molar-refractivity contribution in [1.29, 1.82) is 0 Å². The van der Waals surface area contributed by atoms with Crippen molar-refractivity contribution < 1.29 is 23.6 Å². The Bertz CT molecular complexity index is 623. The SMILES string of the molecule is OB(O)c1ccc(COc2ccc(Cl)c(F)c2)c(F)c1. The molecule has 0 saturated carbocycles. The summed E-state index contributed by atoms with van der Waals surface area (Å²) < 4.78 is 32.1. The average Bonchev–Trinajstić information content (AvgIpc) is 2.41. The first kappa shape index (κ1) is 14.8. The quantitative estimate of drug-likeness (QED) is 0.847. The third-order valence-corrected chi connectivity index (χ3v) is 2.97. The van der Waals surface area contributed by atoms with Crippen molar-refractivity contribution in [3.63, 3.8) is 0 Å². The minimum atomic E-state index is -1.73. The highest BCUT2D eigenvalue weighted by molar-refractivity contribution is 6.58. The van der Waals surface area contributed by atoms with E-state index in [2.05, 4.69) is 0 Å². The number of halogens is 3. The molecule has 0 spiro atoms. The summed E-state index contributed by atoms with van der Waals surface area (Å²) in [6, 6.07) is 7.66. The van der Waals surface area contributed by atoms with Gasteiger partial charge in [-0.05, 0) is 23.7 Å². The summed E-state index contributed by atoms with van der Waals surface area (Å²) in [5.74, 6) is -1.04. The molecule has 2 rings (SSSR count). The molecule has 2 aromatic rings. The largest absolute Gasteiger partial charge is 0.489 e. The zero-order valence-corrected chi connectivity index (χ0v) is 10.9. The van der Waals surface area contributed by atoms with Gasteiger partial charge in [0, 0.05) is 11.6 Å². The van der Waals surface area contributed by atoms with Gasteiger partial charge in [-0.25, -0.2) is 8.78 Å². The summed E-state index contributed by atoms with van der Waals surface area (Å²) in [7, 11) is -1.73. The van der Waals surface area contributed by atoms with Gasteiger partial charge in [0.2, 0.25) is 0 Å². The van der Waals surface area contributed by atoms with E-state index in [0.717, 1.165) is 12.1 Å². The van der Waals surface area contributed by atoms with Crippen LogP contribution in [-0.2, 0) is 6.61 Å². The van der Waals surface area contributed by atoms with Gasteiger partial charge in [0.05, 0.1) is 5.02 Å². The minimum Gasteiger partial charge on any atom is -0.489 e. The monoisotopic (exact) mass is 298 g/mol. The Morgan fingerprint density at radius 1 is 1.05 bits per heavy atom. The number of hydrogen-bond acceptors (Lipinski definition) is 3. The Morgan fingerprint density at radius 2 is 1.80 bits per heavy atom. The molecule has 0 aromatic heterocycles. The third kappa shape index (κ3) is 3.48. The maximum atomic E-state index is 13.7. The van der Waals surface area contributed by atoms with E-state index in [1.54, 1.807) is 0 Å². The topological polar surface area (TPSA) is 49.7 Å². The summed E-state index contributed by atoms with van der Waals surface area (Å²) in [6.07, 6.45) is 0. The van der Waals surface area contributed by atoms with E-state index >= 15 is 0 Å². The van der Waals surface area contributed by atoms with Gasteiger partial charge in [0.25, 0.3) is 0 Å². The maximum Gasteiger partial charge on any atom is 0.488 e. The Hall–Kier alpha value is -1.63. The fourth-order valence-electron chi connectivity index (χ4n) is 1.57. The lowest BCUT2D eigenvalue weighted by molar-refractivity contribution is 0.298. The predicted octanol–water partition coefficient (Wildman–Crippen LogP) is 1.88.